The molecule has 1 radical (unpaired) electrons. The molecule has 0 spiro atoms. The van der Waals surface area contributed by atoms with Crippen molar-refractivity contribution in [3.8, 4) is 0 Å². The van der Waals surface area contributed by atoms with Crippen LogP contribution < -0.4 is 0 Å². The molecule has 0 aromatic rings. The van der Waals surface area contributed by atoms with Gasteiger partial charge in [-0.2, -0.15) is 0 Å². The molecule has 0 heteroatoms. The molecule has 1 fully saturated rings. The molecule has 0 bridgehead atoms. The predicted octanol–water partition coefficient (Wildman–Crippen LogP) is 2.40. The Morgan fingerprint density at radius 2 is 1.86 bits per heavy atom. The molecular weight excluding hydrogens is 84.1 g/mol. The van der Waals surface area contributed by atoms with Crippen molar-refractivity contribution in [3.63, 3.8) is 0 Å². The van der Waals surface area contributed by atoms with E-state index in [2.05, 4.69) is 13.3 Å². The summed E-state index contributed by atoms with van der Waals surface area (Å²) in [6, 6.07) is 0. The van der Waals surface area contributed by atoms with Crippen LogP contribution in [0.25, 0.3) is 0 Å². The van der Waals surface area contributed by atoms with E-state index in [0.717, 1.165) is 5.92 Å². The maximum atomic E-state index is 2.40. The largest absolute Gasteiger partial charge is 0.0625 e. The Kier molecular flexibility index (Phi) is 1.72. The first-order chi connectivity index (χ1) is 3.39. The number of hydrogen-bond donors (Lipinski definition) is 0. The van der Waals surface area contributed by atoms with Crippen molar-refractivity contribution >= 4 is 0 Å². The summed E-state index contributed by atoms with van der Waals surface area (Å²) in [5.41, 5.74) is 0. The first-order valence-electron chi connectivity index (χ1n) is 3.21. The average Bonchev–Trinajstić information content (AvgIpc) is 1.69. The molecule has 1 aliphatic carbocycles. The highest BCUT2D eigenvalue weighted by molar-refractivity contribution is 4.73. The summed E-state index contributed by atoms with van der Waals surface area (Å²) < 4.78 is 0. The first-order valence-corrected chi connectivity index (χ1v) is 3.21. The van der Waals surface area contributed by atoms with E-state index in [9.17, 15) is 0 Å². The fourth-order valence-corrected chi connectivity index (χ4v) is 1.09. The standard InChI is InChI=1S/C7H13/c1-7-5-3-2-4-6-7/h2,7H,3-6H2,1H3. The molecule has 1 aliphatic rings. The Labute approximate surface area is 45.9 Å². The zero-order chi connectivity index (χ0) is 5.11. The Balaban J connectivity index is 2.12. The lowest BCUT2D eigenvalue weighted by molar-refractivity contribution is 0.440. The Bertz CT molecular complexity index is 42.0. The normalized spacial score (nSPS) is 25.3. The fraction of sp³-hybridized carbons (Fsp3) is 0.857. The highest BCUT2D eigenvalue weighted by Gasteiger charge is 2.06. The van der Waals surface area contributed by atoms with Crippen molar-refractivity contribution < 1.29 is 0 Å². The van der Waals surface area contributed by atoms with Gasteiger partial charge in [-0.05, 0) is 25.2 Å². The van der Waals surface area contributed by atoms with E-state index >= 15 is 0 Å². The minimum absolute atomic E-state index is 1.00. The van der Waals surface area contributed by atoms with Gasteiger partial charge in [-0.25, -0.2) is 0 Å². The van der Waals surface area contributed by atoms with E-state index < -0.39 is 0 Å². The smallest absolute Gasteiger partial charge is 0.0386 e. The maximum absolute atomic E-state index is 2.40. The highest BCUT2D eigenvalue weighted by atomic mass is 14.1. The van der Waals surface area contributed by atoms with Crippen LogP contribution in [0.5, 0.6) is 0 Å². The van der Waals surface area contributed by atoms with Crippen LogP contribution in [0.1, 0.15) is 32.6 Å². The highest BCUT2D eigenvalue weighted by Crippen LogP contribution is 2.21. The van der Waals surface area contributed by atoms with Crippen molar-refractivity contribution in [3.05, 3.63) is 6.42 Å². The molecule has 0 nitrogen and oxygen atoms in total. The zero-order valence-electron chi connectivity index (χ0n) is 4.98. The van der Waals surface area contributed by atoms with Gasteiger partial charge < -0.3 is 0 Å². The third kappa shape index (κ3) is 1.50. The van der Waals surface area contributed by atoms with E-state index in [1.807, 2.05) is 0 Å². The summed E-state index contributed by atoms with van der Waals surface area (Å²) in [5.74, 6) is 1.00. The van der Waals surface area contributed by atoms with Gasteiger partial charge in [-0.15, -0.1) is 0 Å². The molecule has 7 heavy (non-hydrogen) atoms. The Hall–Kier alpha value is 0. The molecule has 1 rings (SSSR count). The maximum Gasteiger partial charge on any atom is -0.0386 e. The van der Waals surface area contributed by atoms with Gasteiger partial charge in [0.05, 0.1) is 0 Å². The predicted molar refractivity (Wildman–Crippen MR) is 31.9 cm³/mol. The van der Waals surface area contributed by atoms with Crippen molar-refractivity contribution in [1.29, 1.82) is 0 Å². The summed E-state index contributed by atoms with van der Waals surface area (Å²) in [7, 11) is 0. The van der Waals surface area contributed by atoms with Gasteiger partial charge in [0.15, 0.2) is 0 Å². The summed E-state index contributed by atoms with van der Waals surface area (Å²) in [4.78, 5) is 0. The Morgan fingerprint density at radius 1 is 1.29 bits per heavy atom. The topological polar surface area (TPSA) is 0 Å². The summed E-state index contributed by atoms with van der Waals surface area (Å²) in [6.07, 6.45) is 7.99. The molecular formula is C7H13. The number of rotatable bonds is 0. The van der Waals surface area contributed by atoms with Crippen LogP contribution >= 0.6 is 0 Å². The molecule has 0 aliphatic heterocycles. The monoisotopic (exact) mass is 97.1 g/mol. The van der Waals surface area contributed by atoms with Crippen LogP contribution in [0.4, 0.5) is 0 Å². The third-order valence-corrected chi connectivity index (χ3v) is 1.73. The van der Waals surface area contributed by atoms with Gasteiger partial charge in [0.25, 0.3) is 0 Å². The van der Waals surface area contributed by atoms with Gasteiger partial charge in [-0.3, -0.25) is 0 Å². The second-order valence-corrected chi connectivity index (χ2v) is 2.55. The van der Waals surface area contributed by atoms with Crippen LogP contribution in [-0.2, 0) is 0 Å². The summed E-state index contributed by atoms with van der Waals surface area (Å²) in [5, 5.41) is 0. The van der Waals surface area contributed by atoms with Crippen molar-refractivity contribution in [2.75, 3.05) is 0 Å². The molecule has 1 saturated carbocycles. The minimum Gasteiger partial charge on any atom is -0.0625 e. The van der Waals surface area contributed by atoms with Gasteiger partial charge in [-0.1, -0.05) is 19.8 Å². The SMILES string of the molecule is CC1CC[CH]CC1. The molecule has 0 N–H and O–H groups in total. The Morgan fingerprint density at radius 3 is 2.14 bits per heavy atom. The van der Waals surface area contributed by atoms with Crippen LogP contribution in [-0.4, -0.2) is 0 Å². The van der Waals surface area contributed by atoms with E-state index in [1.54, 1.807) is 0 Å². The lowest BCUT2D eigenvalue weighted by Gasteiger charge is -2.15. The first kappa shape index (κ1) is 5.14. The van der Waals surface area contributed by atoms with Crippen LogP contribution in [0.2, 0.25) is 0 Å². The molecule has 0 amide bonds. The molecule has 0 aromatic carbocycles. The third-order valence-electron chi connectivity index (χ3n) is 1.73. The summed E-state index contributed by atoms with van der Waals surface area (Å²) in [6.45, 7) is 2.34. The molecule has 0 heterocycles. The van der Waals surface area contributed by atoms with Gasteiger partial charge in [0.1, 0.15) is 0 Å². The van der Waals surface area contributed by atoms with Crippen LogP contribution in [0.3, 0.4) is 0 Å². The second-order valence-electron chi connectivity index (χ2n) is 2.55. The van der Waals surface area contributed by atoms with E-state index in [1.165, 1.54) is 25.7 Å². The molecule has 0 aromatic heterocycles. The van der Waals surface area contributed by atoms with Crippen LogP contribution in [0.15, 0.2) is 0 Å². The lowest BCUT2D eigenvalue weighted by atomic mass is 9.91. The van der Waals surface area contributed by atoms with Crippen molar-refractivity contribution in [2.45, 2.75) is 32.6 Å². The van der Waals surface area contributed by atoms with Crippen molar-refractivity contribution in [1.82, 2.24) is 0 Å². The van der Waals surface area contributed by atoms with E-state index in [0.29, 0.717) is 0 Å². The van der Waals surface area contributed by atoms with Gasteiger partial charge in [0, 0.05) is 0 Å². The number of hydrogen-bond acceptors (Lipinski definition) is 0. The summed E-state index contributed by atoms with van der Waals surface area (Å²) >= 11 is 0. The second kappa shape index (κ2) is 2.34. The zero-order valence-corrected chi connectivity index (χ0v) is 4.98. The minimum atomic E-state index is 1.00. The molecule has 0 unspecified atom stereocenters. The van der Waals surface area contributed by atoms with E-state index in [4.69, 9.17) is 0 Å². The molecule has 0 atom stereocenters. The van der Waals surface area contributed by atoms with E-state index in [-0.39, 0.29) is 0 Å². The molecule has 0 saturated heterocycles. The average molecular weight is 97.2 g/mol. The lowest BCUT2D eigenvalue weighted by Crippen LogP contribution is -2.00. The van der Waals surface area contributed by atoms with Gasteiger partial charge in [0.2, 0.25) is 0 Å². The quantitative estimate of drug-likeness (QED) is 0.435. The molecule has 41 valence electrons. The van der Waals surface area contributed by atoms with Crippen LogP contribution in [0, 0.1) is 12.3 Å². The van der Waals surface area contributed by atoms with Gasteiger partial charge >= 0.3 is 0 Å². The fourth-order valence-electron chi connectivity index (χ4n) is 1.09. The van der Waals surface area contributed by atoms with Crippen molar-refractivity contribution in [2.24, 2.45) is 5.92 Å².